The van der Waals surface area contributed by atoms with Gasteiger partial charge in [0, 0.05) is 36.8 Å². The third-order valence-corrected chi connectivity index (χ3v) is 2.90. The summed E-state index contributed by atoms with van der Waals surface area (Å²) in [6.45, 7) is 3.37. The summed E-state index contributed by atoms with van der Waals surface area (Å²) in [6.07, 6.45) is 0.890. The van der Waals surface area contributed by atoms with Gasteiger partial charge in [-0.1, -0.05) is 5.16 Å². The largest absolute Gasteiger partial charge is 0.361 e. The van der Waals surface area contributed by atoms with E-state index in [0.717, 1.165) is 24.2 Å². The number of nitrogens with zero attached hydrogens (tertiary/aromatic N) is 2. The van der Waals surface area contributed by atoms with Gasteiger partial charge in [-0.15, -0.1) is 0 Å². The Kier molecular flexibility index (Phi) is 2.60. The Morgan fingerprint density at radius 1 is 1.56 bits per heavy atom. The lowest BCUT2D eigenvalue weighted by Crippen LogP contribution is -2.24. The zero-order chi connectivity index (χ0) is 12.5. The Morgan fingerprint density at radius 3 is 3.22 bits per heavy atom. The molecule has 0 fully saturated rings. The van der Waals surface area contributed by atoms with Crippen LogP contribution in [0.3, 0.4) is 0 Å². The van der Waals surface area contributed by atoms with Gasteiger partial charge in [0.15, 0.2) is 11.5 Å². The quantitative estimate of drug-likeness (QED) is 0.722. The highest BCUT2D eigenvalue weighted by molar-refractivity contribution is 6.02. The van der Waals surface area contributed by atoms with Gasteiger partial charge in [-0.25, -0.2) is 0 Å². The molecule has 0 saturated carbocycles. The molecule has 0 saturated heterocycles. The molecule has 3 N–H and O–H groups in total. The van der Waals surface area contributed by atoms with Crippen molar-refractivity contribution < 1.29 is 9.32 Å². The molecule has 0 aromatic carbocycles. The Balaban J connectivity index is 1.80. The zero-order valence-corrected chi connectivity index (χ0v) is 9.91. The first-order valence-electron chi connectivity index (χ1n) is 5.75. The molecule has 0 spiro atoms. The minimum absolute atomic E-state index is 0.257. The molecule has 18 heavy (non-hydrogen) atoms. The van der Waals surface area contributed by atoms with Gasteiger partial charge in [-0.2, -0.15) is 5.10 Å². The Labute approximate surface area is 103 Å². The predicted octanol–water partition coefficient (Wildman–Crippen LogP) is 0.604. The molecule has 0 bridgehead atoms. The van der Waals surface area contributed by atoms with Crippen molar-refractivity contribution in [3.8, 4) is 0 Å². The summed E-state index contributed by atoms with van der Waals surface area (Å²) in [5.41, 5.74) is 2.34. The molecule has 7 nitrogen and oxygen atoms in total. The van der Waals surface area contributed by atoms with Crippen molar-refractivity contribution in [2.24, 2.45) is 0 Å². The molecule has 3 rings (SSSR count). The molecule has 7 heteroatoms. The Bertz CT molecular complexity index is 586. The first kappa shape index (κ1) is 11.0. The summed E-state index contributed by atoms with van der Waals surface area (Å²) in [5.74, 6) is 0.848. The molecule has 1 amide bonds. The summed E-state index contributed by atoms with van der Waals surface area (Å²) in [7, 11) is 0. The number of anilines is 1. The SMILES string of the molecule is Cc1cc(C(=O)Nc2n[nH]c3c2CNCC3)no1. The minimum atomic E-state index is -0.313. The van der Waals surface area contributed by atoms with Crippen LogP contribution in [0, 0.1) is 6.92 Å². The number of fused-ring (bicyclic) bond motifs is 1. The summed E-state index contributed by atoms with van der Waals surface area (Å²) >= 11 is 0. The van der Waals surface area contributed by atoms with E-state index < -0.39 is 0 Å². The molecular weight excluding hydrogens is 234 g/mol. The van der Waals surface area contributed by atoms with Crippen LogP contribution in [-0.4, -0.2) is 27.8 Å². The van der Waals surface area contributed by atoms with E-state index >= 15 is 0 Å². The number of hydrogen-bond acceptors (Lipinski definition) is 5. The van der Waals surface area contributed by atoms with Gasteiger partial charge < -0.3 is 15.2 Å². The van der Waals surface area contributed by atoms with Gasteiger partial charge in [0.05, 0.1) is 0 Å². The number of aromatic nitrogens is 3. The molecule has 1 aliphatic heterocycles. The third kappa shape index (κ3) is 1.88. The van der Waals surface area contributed by atoms with Crippen molar-refractivity contribution in [1.82, 2.24) is 20.7 Å². The van der Waals surface area contributed by atoms with Gasteiger partial charge in [0.2, 0.25) is 0 Å². The molecule has 3 heterocycles. The zero-order valence-electron chi connectivity index (χ0n) is 9.91. The van der Waals surface area contributed by atoms with Crippen molar-refractivity contribution in [1.29, 1.82) is 0 Å². The van der Waals surface area contributed by atoms with Crippen LogP contribution in [0.5, 0.6) is 0 Å². The fourth-order valence-electron chi connectivity index (χ4n) is 1.97. The van der Waals surface area contributed by atoms with E-state index in [4.69, 9.17) is 4.52 Å². The highest BCUT2D eigenvalue weighted by atomic mass is 16.5. The van der Waals surface area contributed by atoms with Gasteiger partial charge in [0.25, 0.3) is 5.91 Å². The van der Waals surface area contributed by atoms with Crippen molar-refractivity contribution in [2.75, 3.05) is 11.9 Å². The molecule has 2 aromatic rings. The molecule has 0 unspecified atom stereocenters. The van der Waals surface area contributed by atoms with Crippen LogP contribution < -0.4 is 10.6 Å². The van der Waals surface area contributed by atoms with Crippen LogP contribution in [0.2, 0.25) is 0 Å². The average molecular weight is 247 g/mol. The van der Waals surface area contributed by atoms with Gasteiger partial charge in [0.1, 0.15) is 5.76 Å². The summed E-state index contributed by atoms with van der Waals surface area (Å²) < 4.78 is 4.87. The van der Waals surface area contributed by atoms with Crippen LogP contribution in [0.15, 0.2) is 10.6 Å². The number of hydrogen-bond donors (Lipinski definition) is 3. The van der Waals surface area contributed by atoms with Crippen molar-refractivity contribution >= 4 is 11.7 Å². The lowest BCUT2D eigenvalue weighted by Gasteiger charge is -2.12. The van der Waals surface area contributed by atoms with Crippen molar-refractivity contribution in [3.05, 3.63) is 28.8 Å². The Morgan fingerprint density at radius 2 is 2.44 bits per heavy atom. The topological polar surface area (TPSA) is 95.8 Å². The molecule has 1 aliphatic rings. The summed E-state index contributed by atoms with van der Waals surface area (Å²) in [5, 5.41) is 16.7. The van der Waals surface area contributed by atoms with Crippen LogP contribution in [0.4, 0.5) is 5.82 Å². The van der Waals surface area contributed by atoms with Crippen LogP contribution in [0.25, 0.3) is 0 Å². The number of amides is 1. The molecule has 2 aromatic heterocycles. The number of carbonyl (C=O) groups excluding carboxylic acids is 1. The second kappa shape index (κ2) is 4.26. The van der Waals surface area contributed by atoms with Crippen LogP contribution in [0.1, 0.15) is 27.5 Å². The number of aromatic amines is 1. The fraction of sp³-hybridized carbons (Fsp3) is 0.364. The third-order valence-electron chi connectivity index (χ3n) is 2.90. The fourth-order valence-corrected chi connectivity index (χ4v) is 1.97. The second-order valence-corrected chi connectivity index (χ2v) is 4.23. The molecule has 94 valence electrons. The maximum Gasteiger partial charge on any atom is 0.279 e. The minimum Gasteiger partial charge on any atom is -0.361 e. The second-order valence-electron chi connectivity index (χ2n) is 4.23. The number of rotatable bonds is 2. The van der Waals surface area contributed by atoms with Crippen LogP contribution >= 0.6 is 0 Å². The first-order valence-corrected chi connectivity index (χ1v) is 5.75. The normalized spacial score (nSPS) is 14.3. The average Bonchev–Trinajstić information content (AvgIpc) is 2.97. The number of aryl methyl sites for hydroxylation is 1. The lowest BCUT2D eigenvalue weighted by atomic mass is 10.1. The van der Waals surface area contributed by atoms with E-state index in [9.17, 15) is 4.79 Å². The standard InChI is InChI=1S/C11H13N5O2/c1-6-4-9(16-18-6)11(17)13-10-7-5-12-3-2-8(7)14-15-10/h4,12H,2-3,5H2,1H3,(H2,13,14,15,17). The Hall–Kier alpha value is -2.15. The number of carbonyl (C=O) groups is 1. The lowest BCUT2D eigenvalue weighted by molar-refractivity contribution is 0.101. The maximum atomic E-state index is 11.9. The van der Waals surface area contributed by atoms with E-state index in [2.05, 4.69) is 26.0 Å². The number of nitrogens with one attached hydrogen (secondary N) is 3. The molecular formula is C11H13N5O2. The molecule has 0 atom stereocenters. The van der Waals surface area contributed by atoms with Crippen LogP contribution in [-0.2, 0) is 13.0 Å². The summed E-state index contributed by atoms with van der Waals surface area (Å²) in [4.78, 5) is 11.9. The van der Waals surface area contributed by atoms with E-state index in [0.29, 0.717) is 18.1 Å². The summed E-state index contributed by atoms with van der Waals surface area (Å²) in [6, 6.07) is 1.59. The van der Waals surface area contributed by atoms with E-state index in [1.807, 2.05) is 0 Å². The van der Waals surface area contributed by atoms with Gasteiger partial charge >= 0.3 is 0 Å². The van der Waals surface area contributed by atoms with Gasteiger partial charge in [-0.05, 0) is 6.92 Å². The van der Waals surface area contributed by atoms with Gasteiger partial charge in [-0.3, -0.25) is 9.89 Å². The van der Waals surface area contributed by atoms with Crippen molar-refractivity contribution in [3.63, 3.8) is 0 Å². The van der Waals surface area contributed by atoms with E-state index in [1.54, 1.807) is 13.0 Å². The van der Waals surface area contributed by atoms with Crippen molar-refractivity contribution in [2.45, 2.75) is 19.9 Å². The smallest absolute Gasteiger partial charge is 0.279 e. The first-order chi connectivity index (χ1) is 8.74. The molecule has 0 aliphatic carbocycles. The monoisotopic (exact) mass is 247 g/mol. The molecule has 0 radical (unpaired) electrons. The maximum absolute atomic E-state index is 11.9. The number of H-pyrrole nitrogens is 1. The van der Waals surface area contributed by atoms with E-state index in [1.165, 1.54) is 0 Å². The predicted molar refractivity (Wildman–Crippen MR) is 63.2 cm³/mol. The highest BCUT2D eigenvalue weighted by Gasteiger charge is 2.19. The van der Waals surface area contributed by atoms with E-state index in [-0.39, 0.29) is 11.6 Å². The highest BCUT2D eigenvalue weighted by Crippen LogP contribution is 2.20.